The van der Waals surface area contributed by atoms with Crippen LogP contribution in [0, 0.1) is 0 Å². The van der Waals surface area contributed by atoms with Crippen LogP contribution in [0.5, 0.6) is 0 Å². The average molecular weight is 357 g/mol. The number of hydrogen-bond donors (Lipinski definition) is 2. The van der Waals surface area contributed by atoms with Gasteiger partial charge >= 0.3 is 0 Å². The zero-order valence-corrected chi connectivity index (χ0v) is 14.0. The van der Waals surface area contributed by atoms with Gasteiger partial charge in [0.1, 0.15) is 11.3 Å². The number of fused-ring (bicyclic) bond motifs is 1. The summed E-state index contributed by atoms with van der Waals surface area (Å²) in [5, 5.41) is -0.619. The van der Waals surface area contributed by atoms with Crippen LogP contribution in [0.15, 0.2) is 52.8 Å². The van der Waals surface area contributed by atoms with Crippen molar-refractivity contribution >= 4 is 26.8 Å². The van der Waals surface area contributed by atoms with E-state index in [0.29, 0.717) is 12.2 Å². The van der Waals surface area contributed by atoms with Crippen molar-refractivity contribution in [3.05, 3.63) is 64.7 Å². The van der Waals surface area contributed by atoms with Crippen LogP contribution in [-0.2, 0) is 16.3 Å². The van der Waals surface area contributed by atoms with Crippen molar-refractivity contribution in [2.24, 2.45) is 0 Å². The number of H-pyrrole nitrogens is 1. The summed E-state index contributed by atoms with van der Waals surface area (Å²) < 4.78 is 24.2. The summed E-state index contributed by atoms with van der Waals surface area (Å²) in [4.78, 5) is 26.8. The van der Waals surface area contributed by atoms with E-state index < -0.39 is 26.2 Å². The molecule has 0 fully saturated rings. The molecule has 0 aliphatic rings. The van der Waals surface area contributed by atoms with Crippen molar-refractivity contribution < 1.29 is 8.42 Å². The fourth-order valence-electron chi connectivity index (χ4n) is 2.33. The Labute approximate surface area is 143 Å². The number of hydrogen-bond acceptors (Lipinski definition) is 7. The Hall–Kier alpha value is -3.07. The van der Waals surface area contributed by atoms with Crippen LogP contribution in [0.3, 0.4) is 0 Å². The predicted molar refractivity (Wildman–Crippen MR) is 93.9 cm³/mol. The van der Waals surface area contributed by atoms with Gasteiger partial charge in [0.05, 0.1) is 5.75 Å². The second-order valence-corrected chi connectivity index (χ2v) is 7.28. The SMILES string of the molecule is C=CCS(=O)(=O)c1nc2c(N)nc(Cc3ccccc3)nc2[nH]c1=O. The van der Waals surface area contributed by atoms with Gasteiger partial charge in [0.25, 0.3) is 5.56 Å². The molecule has 25 heavy (non-hydrogen) atoms. The molecule has 2 aromatic heterocycles. The summed E-state index contributed by atoms with van der Waals surface area (Å²) >= 11 is 0. The molecule has 0 bridgehead atoms. The average Bonchev–Trinajstić information content (AvgIpc) is 2.55. The number of sulfone groups is 1. The second kappa shape index (κ2) is 6.44. The van der Waals surface area contributed by atoms with Crippen molar-refractivity contribution in [3.63, 3.8) is 0 Å². The van der Waals surface area contributed by atoms with Crippen LogP contribution in [0.25, 0.3) is 11.2 Å². The Morgan fingerprint density at radius 1 is 1.16 bits per heavy atom. The van der Waals surface area contributed by atoms with E-state index in [1.807, 2.05) is 30.3 Å². The lowest BCUT2D eigenvalue weighted by Gasteiger charge is -2.06. The minimum Gasteiger partial charge on any atom is -0.382 e. The van der Waals surface area contributed by atoms with E-state index in [1.54, 1.807) is 0 Å². The first-order chi connectivity index (χ1) is 11.9. The predicted octanol–water partition coefficient (Wildman–Crippen LogP) is 0.846. The Morgan fingerprint density at radius 3 is 2.56 bits per heavy atom. The lowest BCUT2D eigenvalue weighted by Crippen LogP contribution is -2.22. The van der Waals surface area contributed by atoms with E-state index >= 15 is 0 Å². The van der Waals surface area contributed by atoms with E-state index in [9.17, 15) is 13.2 Å². The van der Waals surface area contributed by atoms with E-state index in [0.717, 1.165) is 5.56 Å². The van der Waals surface area contributed by atoms with E-state index in [2.05, 4.69) is 26.5 Å². The molecule has 128 valence electrons. The fourth-order valence-corrected chi connectivity index (χ4v) is 3.37. The van der Waals surface area contributed by atoms with Crippen molar-refractivity contribution in [2.75, 3.05) is 11.5 Å². The highest BCUT2D eigenvalue weighted by molar-refractivity contribution is 7.91. The van der Waals surface area contributed by atoms with Gasteiger partial charge in [-0.15, -0.1) is 6.58 Å². The Morgan fingerprint density at radius 2 is 1.88 bits per heavy atom. The largest absolute Gasteiger partial charge is 0.382 e. The number of nitrogens with one attached hydrogen (secondary N) is 1. The maximum Gasteiger partial charge on any atom is 0.287 e. The van der Waals surface area contributed by atoms with Gasteiger partial charge in [0.2, 0.25) is 14.9 Å². The van der Waals surface area contributed by atoms with Crippen molar-refractivity contribution in [1.29, 1.82) is 0 Å². The molecule has 0 aliphatic carbocycles. The van der Waals surface area contributed by atoms with Crippen LogP contribution >= 0.6 is 0 Å². The monoisotopic (exact) mass is 357 g/mol. The summed E-state index contributed by atoms with van der Waals surface area (Å²) in [6.07, 6.45) is 1.60. The molecule has 8 nitrogen and oxygen atoms in total. The van der Waals surface area contributed by atoms with Gasteiger partial charge in [-0.3, -0.25) is 4.79 Å². The van der Waals surface area contributed by atoms with Gasteiger partial charge in [-0.2, -0.15) is 0 Å². The number of nitrogens with zero attached hydrogens (tertiary/aromatic N) is 3. The van der Waals surface area contributed by atoms with Crippen LogP contribution < -0.4 is 11.3 Å². The Kier molecular flexibility index (Phi) is 4.32. The summed E-state index contributed by atoms with van der Waals surface area (Å²) in [6, 6.07) is 9.50. The maximum absolute atomic E-state index is 12.1. The molecule has 0 spiro atoms. The Balaban J connectivity index is 2.11. The third-order valence-corrected chi connectivity index (χ3v) is 4.97. The molecular weight excluding hydrogens is 342 g/mol. The van der Waals surface area contributed by atoms with Crippen LogP contribution in [0.1, 0.15) is 11.4 Å². The molecule has 3 aromatic rings. The first kappa shape index (κ1) is 16.8. The molecule has 0 saturated carbocycles. The quantitative estimate of drug-likeness (QED) is 0.647. The minimum atomic E-state index is -3.89. The highest BCUT2D eigenvalue weighted by atomic mass is 32.2. The van der Waals surface area contributed by atoms with Gasteiger partial charge in [-0.25, -0.2) is 23.4 Å². The fraction of sp³-hybridized carbons (Fsp3) is 0.125. The van der Waals surface area contributed by atoms with Crippen LogP contribution in [-0.4, -0.2) is 34.1 Å². The molecule has 3 N–H and O–H groups in total. The second-order valence-electron chi connectivity index (χ2n) is 5.33. The lowest BCUT2D eigenvalue weighted by molar-refractivity contribution is 0.594. The number of aromatic amines is 1. The first-order valence-electron chi connectivity index (χ1n) is 7.34. The van der Waals surface area contributed by atoms with Gasteiger partial charge in [0.15, 0.2) is 11.5 Å². The number of benzene rings is 1. The molecule has 1 aromatic carbocycles. The van der Waals surface area contributed by atoms with Gasteiger partial charge in [0, 0.05) is 6.42 Å². The zero-order chi connectivity index (χ0) is 18.0. The van der Waals surface area contributed by atoms with Gasteiger partial charge in [-0.1, -0.05) is 36.4 Å². The van der Waals surface area contributed by atoms with E-state index in [4.69, 9.17) is 5.73 Å². The van der Waals surface area contributed by atoms with Crippen LogP contribution in [0.2, 0.25) is 0 Å². The number of aromatic nitrogens is 4. The highest BCUT2D eigenvalue weighted by Gasteiger charge is 2.21. The molecular formula is C16H15N5O3S. The topological polar surface area (TPSA) is 132 Å². The molecule has 0 aliphatic heterocycles. The summed E-state index contributed by atoms with van der Waals surface area (Å²) in [6.45, 7) is 3.36. The highest BCUT2D eigenvalue weighted by Crippen LogP contribution is 2.16. The number of anilines is 1. The smallest absolute Gasteiger partial charge is 0.287 e. The summed E-state index contributed by atoms with van der Waals surface area (Å²) in [5.74, 6) is -0.000810. The molecule has 0 amide bonds. The number of rotatable bonds is 5. The standard InChI is InChI=1S/C16H15N5O3S/c1-2-8-25(23,24)16-15(22)21-14-12(20-16)13(17)18-11(19-14)9-10-6-4-3-5-7-10/h2-7H,1,8-9H2,(H3,17,18,19,21,22). The molecule has 0 saturated heterocycles. The third-order valence-electron chi connectivity index (χ3n) is 3.43. The Bertz CT molecular complexity index is 1110. The third kappa shape index (κ3) is 3.41. The van der Waals surface area contributed by atoms with Crippen molar-refractivity contribution in [2.45, 2.75) is 11.4 Å². The molecule has 3 rings (SSSR count). The van der Waals surface area contributed by atoms with Crippen LogP contribution in [0.4, 0.5) is 5.82 Å². The van der Waals surface area contributed by atoms with E-state index in [1.165, 1.54) is 6.08 Å². The van der Waals surface area contributed by atoms with Crippen molar-refractivity contribution in [3.8, 4) is 0 Å². The molecule has 2 heterocycles. The zero-order valence-electron chi connectivity index (χ0n) is 13.1. The van der Waals surface area contributed by atoms with Crippen molar-refractivity contribution in [1.82, 2.24) is 19.9 Å². The normalized spacial score (nSPS) is 11.5. The van der Waals surface area contributed by atoms with E-state index in [-0.39, 0.29) is 17.0 Å². The lowest BCUT2D eigenvalue weighted by atomic mass is 10.1. The molecule has 9 heteroatoms. The number of nitrogen functional groups attached to an aromatic ring is 1. The number of nitrogens with two attached hydrogens (primary N) is 1. The molecule has 0 unspecified atom stereocenters. The first-order valence-corrected chi connectivity index (χ1v) is 9.00. The minimum absolute atomic E-state index is 0.00207. The van der Waals surface area contributed by atoms with Gasteiger partial charge < -0.3 is 10.7 Å². The maximum atomic E-state index is 12.1. The van der Waals surface area contributed by atoms with Gasteiger partial charge in [-0.05, 0) is 5.56 Å². The molecule has 0 radical (unpaired) electrons. The summed E-state index contributed by atoms with van der Waals surface area (Å²) in [7, 11) is -3.89. The summed E-state index contributed by atoms with van der Waals surface area (Å²) in [5.41, 5.74) is 6.16. The molecule has 0 atom stereocenters.